The van der Waals surface area contributed by atoms with Gasteiger partial charge in [0.05, 0.1) is 0 Å². The Balaban J connectivity index is 1.61. The Kier molecular flexibility index (Phi) is 5.82. The molecule has 0 unspecified atom stereocenters. The van der Waals surface area contributed by atoms with Crippen LogP contribution in [0.1, 0.15) is 75.3 Å². The van der Waals surface area contributed by atoms with Gasteiger partial charge in [-0.1, -0.05) is 56.9 Å². The van der Waals surface area contributed by atoms with Crippen molar-refractivity contribution < 1.29 is 8.81 Å². The van der Waals surface area contributed by atoms with Crippen LogP contribution in [0.25, 0.3) is 21.7 Å². The van der Waals surface area contributed by atoms with E-state index < -0.39 is 0 Å². The molecule has 2 aromatic carbocycles. The van der Waals surface area contributed by atoms with E-state index in [1.807, 2.05) is 12.1 Å². The third-order valence-corrected chi connectivity index (χ3v) is 6.88. The lowest BCUT2D eigenvalue weighted by molar-refractivity contribution is 0.303. The quantitative estimate of drug-likeness (QED) is 0.243. The number of aryl methyl sites for hydroxylation is 1. The van der Waals surface area contributed by atoms with Crippen molar-refractivity contribution in [3.8, 4) is 0 Å². The van der Waals surface area contributed by atoms with E-state index in [-0.39, 0.29) is 11.4 Å². The monoisotopic (exact) mass is 396 g/mol. The summed E-state index contributed by atoms with van der Waals surface area (Å²) >= 11 is 5.49. The maximum atomic E-state index is 14.5. The van der Waals surface area contributed by atoms with Crippen LogP contribution in [0.5, 0.6) is 0 Å². The van der Waals surface area contributed by atoms with Crippen LogP contribution in [0.4, 0.5) is 4.39 Å². The Morgan fingerprint density at radius 3 is 2.50 bits per heavy atom. The smallest absolute Gasteiger partial charge is 0.198 e. The molecule has 1 aromatic heterocycles. The van der Waals surface area contributed by atoms with Gasteiger partial charge in [0.25, 0.3) is 0 Å². The maximum absolute atomic E-state index is 14.5. The molecule has 0 radical (unpaired) electrons. The van der Waals surface area contributed by atoms with Crippen molar-refractivity contribution in [3.05, 3.63) is 52.0 Å². The topological polar surface area (TPSA) is 13.1 Å². The van der Waals surface area contributed by atoms with E-state index >= 15 is 0 Å². The summed E-state index contributed by atoms with van der Waals surface area (Å²) in [5.41, 5.74) is 2.21. The Morgan fingerprint density at radius 1 is 1.00 bits per heavy atom. The molecule has 28 heavy (non-hydrogen) atoms. The van der Waals surface area contributed by atoms with Crippen molar-refractivity contribution in [1.82, 2.24) is 0 Å². The highest BCUT2D eigenvalue weighted by Gasteiger charge is 2.22. The summed E-state index contributed by atoms with van der Waals surface area (Å²) in [6.07, 6.45) is 10.6. The zero-order valence-electron chi connectivity index (χ0n) is 16.9. The first-order chi connectivity index (χ1) is 13.6. The van der Waals surface area contributed by atoms with Crippen molar-refractivity contribution in [2.45, 2.75) is 71.1 Å². The first kappa shape index (κ1) is 19.6. The van der Waals surface area contributed by atoms with Gasteiger partial charge in [-0.05, 0) is 79.2 Å². The fraction of sp³-hybridized carbons (Fsp3) is 0.480. The molecule has 1 fully saturated rings. The third-order valence-electron chi connectivity index (χ3n) is 6.57. The number of unbranched alkanes of at least 4 members (excludes halogenated alkanes) is 2. The molecule has 1 saturated carbocycles. The highest BCUT2D eigenvalue weighted by atomic mass is 32.1. The van der Waals surface area contributed by atoms with E-state index in [2.05, 4.69) is 25.1 Å². The van der Waals surface area contributed by atoms with E-state index in [0.29, 0.717) is 16.2 Å². The molecule has 4 rings (SSSR count). The Hall–Kier alpha value is -1.74. The van der Waals surface area contributed by atoms with Crippen LogP contribution in [0.3, 0.4) is 0 Å². The number of benzene rings is 2. The van der Waals surface area contributed by atoms with Crippen molar-refractivity contribution in [2.75, 3.05) is 0 Å². The Morgan fingerprint density at radius 2 is 1.75 bits per heavy atom. The van der Waals surface area contributed by atoms with Gasteiger partial charge in [-0.25, -0.2) is 4.39 Å². The zero-order chi connectivity index (χ0) is 19.7. The van der Waals surface area contributed by atoms with Gasteiger partial charge in [0.1, 0.15) is 0 Å². The first-order valence-electron chi connectivity index (χ1n) is 10.7. The number of fused-ring (bicyclic) bond motifs is 3. The molecule has 0 spiro atoms. The Bertz CT molecular complexity index is 1040. The van der Waals surface area contributed by atoms with Gasteiger partial charge in [0, 0.05) is 10.8 Å². The van der Waals surface area contributed by atoms with Crippen molar-refractivity contribution in [2.24, 2.45) is 5.92 Å². The molecule has 0 N–H and O–H groups in total. The summed E-state index contributed by atoms with van der Waals surface area (Å²) in [5.74, 6) is 1.20. The van der Waals surface area contributed by atoms with Gasteiger partial charge in [0.2, 0.25) is 0 Å². The lowest BCUT2D eigenvalue weighted by atomic mass is 9.77. The molecule has 0 bridgehead atoms. The molecular formula is C25H29FOS. The van der Waals surface area contributed by atoms with E-state index in [1.54, 1.807) is 6.92 Å². The minimum atomic E-state index is -0.309. The molecular weight excluding hydrogens is 367 g/mol. The van der Waals surface area contributed by atoms with Gasteiger partial charge < -0.3 is 4.42 Å². The van der Waals surface area contributed by atoms with Crippen LogP contribution in [0.15, 0.2) is 34.7 Å². The van der Waals surface area contributed by atoms with Crippen LogP contribution in [0.2, 0.25) is 0 Å². The number of rotatable bonds is 5. The van der Waals surface area contributed by atoms with Crippen LogP contribution in [-0.2, 0) is 0 Å². The number of halogens is 1. The predicted octanol–water partition coefficient (Wildman–Crippen LogP) is 8.62. The summed E-state index contributed by atoms with van der Waals surface area (Å²) in [7, 11) is 0. The molecule has 148 valence electrons. The SMILES string of the molecule is CCCCCC1CCC(c2ccc3c(c2)c(=S)oc2c(F)c(C)ccc23)CC1. The Labute approximate surface area is 171 Å². The zero-order valence-corrected chi connectivity index (χ0v) is 17.7. The summed E-state index contributed by atoms with van der Waals surface area (Å²) in [4.78, 5) is 0. The standard InChI is InChI=1S/C25H29FOS/c1-3-4-5-6-17-8-10-18(11-9-17)19-12-14-20-21-13-7-16(2)23(26)24(21)27-25(28)22(20)15-19/h7,12-15,17-18H,3-6,8-11H2,1-2H3. The molecule has 0 aliphatic heterocycles. The fourth-order valence-electron chi connectivity index (χ4n) is 4.80. The largest absolute Gasteiger partial charge is 0.441 e. The second-order valence-corrected chi connectivity index (χ2v) is 8.85. The van der Waals surface area contributed by atoms with Crippen LogP contribution >= 0.6 is 12.2 Å². The molecule has 3 aromatic rings. The van der Waals surface area contributed by atoms with E-state index in [4.69, 9.17) is 16.6 Å². The highest BCUT2D eigenvalue weighted by molar-refractivity contribution is 7.71. The van der Waals surface area contributed by atoms with Crippen LogP contribution in [0, 0.1) is 23.4 Å². The molecule has 1 nitrogen and oxygen atoms in total. The van der Waals surface area contributed by atoms with Crippen molar-refractivity contribution in [3.63, 3.8) is 0 Å². The lowest BCUT2D eigenvalue weighted by Gasteiger charge is -2.29. The maximum Gasteiger partial charge on any atom is 0.198 e. The molecule has 1 aliphatic rings. The first-order valence-corrected chi connectivity index (χ1v) is 11.1. The second-order valence-electron chi connectivity index (χ2n) is 8.48. The predicted molar refractivity (Wildman–Crippen MR) is 118 cm³/mol. The minimum Gasteiger partial charge on any atom is -0.441 e. The van der Waals surface area contributed by atoms with E-state index in [1.165, 1.54) is 56.9 Å². The molecule has 0 amide bonds. The summed E-state index contributed by atoms with van der Waals surface area (Å²) in [6.45, 7) is 4.02. The summed E-state index contributed by atoms with van der Waals surface area (Å²) in [6, 6.07) is 10.3. The third kappa shape index (κ3) is 3.74. The van der Waals surface area contributed by atoms with Gasteiger partial charge >= 0.3 is 0 Å². The van der Waals surface area contributed by atoms with Gasteiger partial charge in [-0.15, -0.1) is 0 Å². The highest BCUT2D eigenvalue weighted by Crippen LogP contribution is 2.39. The van der Waals surface area contributed by atoms with Gasteiger partial charge in [-0.2, -0.15) is 0 Å². The summed E-state index contributed by atoms with van der Waals surface area (Å²) < 4.78 is 20.6. The molecule has 3 heteroatoms. The fourth-order valence-corrected chi connectivity index (χ4v) is 5.05. The number of hydrogen-bond acceptors (Lipinski definition) is 2. The molecule has 1 aliphatic carbocycles. The average Bonchev–Trinajstić information content (AvgIpc) is 2.72. The number of hydrogen-bond donors (Lipinski definition) is 0. The van der Waals surface area contributed by atoms with Gasteiger partial charge in [0.15, 0.2) is 16.1 Å². The minimum absolute atomic E-state index is 0.276. The van der Waals surface area contributed by atoms with Gasteiger partial charge in [-0.3, -0.25) is 0 Å². The van der Waals surface area contributed by atoms with Crippen molar-refractivity contribution >= 4 is 34.0 Å². The van der Waals surface area contributed by atoms with E-state index in [0.717, 1.165) is 22.1 Å². The van der Waals surface area contributed by atoms with Crippen LogP contribution < -0.4 is 0 Å². The van der Waals surface area contributed by atoms with Crippen LogP contribution in [-0.4, -0.2) is 0 Å². The molecule has 0 atom stereocenters. The lowest BCUT2D eigenvalue weighted by Crippen LogP contribution is -2.13. The average molecular weight is 397 g/mol. The van der Waals surface area contributed by atoms with Crippen molar-refractivity contribution in [1.29, 1.82) is 0 Å². The second kappa shape index (κ2) is 8.32. The molecule has 0 saturated heterocycles. The summed E-state index contributed by atoms with van der Waals surface area (Å²) in [5, 5.41) is 2.73. The van der Waals surface area contributed by atoms with E-state index in [9.17, 15) is 4.39 Å². The molecule has 1 heterocycles. The normalized spacial score (nSPS) is 20.1.